The van der Waals surface area contributed by atoms with Gasteiger partial charge in [0.25, 0.3) is 0 Å². The highest BCUT2D eigenvalue weighted by molar-refractivity contribution is 5.88. The molecule has 1 N–H and O–H groups in total. The molecule has 0 spiro atoms. The minimum Gasteiger partial charge on any atom is -0.352 e. The Morgan fingerprint density at radius 3 is 2.14 bits per heavy atom. The number of nitrogens with zero attached hydrogens (tertiary/aromatic N) is 1. The van der Waals surface area contributed by atoms with E-state index in [9.17, 15) is 9.59 Å². The summed E-state index contributed by atoms with van der Waals surface area (Å²) in [5.41, 5.74) is 3.15. The van der Waals surface area contributed by atoms with Crippen LogP contribution in [0.3, 0.4) is 0 Å². The number of carbonyl (C=O) groups excluding carboxylic acids is 2. The van der Waals surface area contributed by atoms with E-state index in [1.807, 2.05) is 82.3 Å². The lowest BCUT2D eigenvalue weighted by molar-refractivity contribution is -0.141. The number of benzene rings is 2. The lowest BCUT2D eigenvalue weighted by Crippen LogP contribution is -2.51. The first-order valence-corrected chi connectivity index (χ1v) is 10.1. The van der Waals surface area contributed by atoms with Crippen LogP contribution in [-0.4, -0.2) is 28.8 Å². The second-order valence-corrected chi connectivity index (χ2v) is 7.41. The number of hydrogen-bond acceptors (Lipinski definition) is 2. The van der Waals surface area contributed by atoms with Gasteiger partial charge in [0.2, 0.25) is 11.8 Å². The van der Waals surface area contributed by atoms with Crippen LogP contribution in [0.5, 0.6) is 0 Å². The Hall–Kier alpha value is -2.62. The van der Waals surface area contributed by atoms with Crippen LogP contribution in [0.25, 0.3) is 0 Å². The molecule has 4 nitrogen and oxygen atoms in total. The van der Waals surface area contributed by atoms with Crippen molar-refractivity contribution >= 4 is 11.8 Å². The van der Waals surface area contributed by atoms with Gasteiger partial charge in [0.15, 0.2) is 0 Å². The highest BCUT2D eigenvalue weighted by Gasteiger charge is 2.29. The summed E-state index contributed by atoms with van der Waals surface area (Å²) >= 11 is 0. The van der Waals surface area contributed by atoms with E-state index in [4.69, 9.17) is 0 Å². The maximum atomic E-state index is 13.2. The molecule has 0 saturated carbocycles. The third-order valence-electron chi connectivity index (χ3n) is 5.06. The molecule has 0 aliphatic rings. The smallest absolute Gasteiger partial charge is 0.243 e. The first-order valence-electron chi connectivity index (χ1n) is 10.1. The fourth-order valence-electron chi connectivity index (χ4n) is 3.12. The van der Waals surface area contributed by atoms with Gasteiger partial charge in [0, 0.05) is 12.6 Å². The van der Waals surface area contributed by atoms with E-state index in [0.29, 0.717) is 19.4 Å². The maximum absolute atomic E-state index is 13.2. The molecule has 0 radical (unpaired) electrons. The highest BCUT2D eigenvalue weighted by Crippen LogP contribution is 2.15. The maximum Gasteiger partial charge on any atom is 0.243 e. The average Bonchev–Trinajstić information content (AvgIpc) is 2.70. The largest absolute Gasteiger partial charge is 0.352 e. The van der Waals surface area contributed by atoms with E-state index < -0.39 is 6.04 Å². The molecule has 0 aliphatic heterocycles. The van der Waals surface area contributed by atoms with E-state index in [2.05, 4.69) is 5.32 Å². The summed E-state index contributed by atoms with van der Waals surface area (Å²) in [4.78, 5) is 27.8. The van der Waals surface area contributed by atoms with Gasteiger partial charge in [0.1, 0.15) is 6.04 Å². The fraction of sp³-hybridized carbons (Fsp3) is 0.417. The molecule has 2 atom stereocenters. The van der Waals surface area contributed by atoms with Gasteiger partial charge in [-0.1, -0.05) is 74.0 Å². The van der Waals surface area contributed by atoms with Crippen molar-refractivity contribution in [3.05, 3.63) is 71.3 Å². The van der Waals surface area contributed by atoms with Crippen molar-refractivity contribution < 1.29 is 9.59 Å². The summed E-state index contributed by atoms with van der Waals surface area (Å²) in [6.45, 7) is 8.44. The Labute approximate surface area is 169 Å². The van der Waals surface area contributed by atoms with Crippen LogP contribution in [-0.2, 0) is 22.6 Å². The molecule has 2 aromatic rings. The summed E-state index contributed by atoms with van der Waals surface area (Å²) in [7, 11) is 0. The van der Waals surface area contributed by atoms with Gasteiger partial charge >= 0.3 is 0 Å². The lowest BCUT2D eigenvalue weighted by Gasteiger charge is -2.31. The molecular weight excluding hydrogens is 348 g/mol. The number of aryl methyl sites for hydroxylation is 1. The zero-order valence-electron chi connectivity index (χ0n) is 17.4. The van der Waals surface area contributed by atoms with E-state index in [-0.39, 0.29) is 17.9 Å². The van der Waals surface area contributed by atoms with E-state index >= 15 is 0 Å². The fourth-order valence-corrected chi connectivity index (χ4v) is 3.12. The summed E-state index contributed by atoms with van der Waals surface area (Å²) in [6.07, 6.45) is 1.73. The number of amides is 2. The first kappa shape index (κ1) is 21.7. The molecule has 0 heterocycles. The van der Waals surface area contributed by atoms with Crippen LogP contribution in [0.15, 0.2) is 54.6 Å². The van der Waals surface area contributed by atoms with Crippen LogP contribution >= 0.6 is 0 Å². The average molecular weight is 381 g/mol. The first-order chi connectivity index (χ1) is 13.4. The number of hydrogen-bond donors (Lipinski definition) is 1. The van der Waals surface area contributed by atoms with Crippen molar-refractivity contribution in [2.45, 2.75) is 65.6 Å². The summed E-state index contributed by atoms with van der Waals surface area (Å²) < 4.78 is 0. The molecule has 2 aromatic carbocycles. The second-order valence-electron chi connectivity index (χ2n) is 7.41. The van der Waals surface area contributed by atoms with Gasteiger partial charge in [0.05, 0.1) is 6.42 Å². The molecule has 4 heteroatoms. The minimum absolute atomic E-state index is 0.0288. The number of carbonyl (C=O) groups is 2. The second kappa shape index (κ2) is 10.6. The van der Waals surface area contributed by atoms with Crippen molar-refractivity contribution in [2.75, 3.05) is 0 Å². The molecule has 0 unspecified atom stereocenters. The zero-order chi connectivity index (χ0) is 20.5. The van der Waals surface area contributed by atoms with Crippen molar-refractivity contribution in [3.63, 3.8) is 0 Å². The molecule has 2 amide bonds. The predicted octanol–water partition coefficient (Wildman–Crippen LogP) is 4.26. The van der Waals surface area contributed by atoms with Crippen molar-refractivity contribution in [3.8, 4) is 0 Å². The van der Waals surface area contributed by atoms with E-state index in [1.54, 1.807) is 4.90 Å². The monoisotopic (exact) mass is 380 g/mol. The van der Waals surface area contributed by atoms with Crippen LogP contribution in [0, 0.1) is 6.92 Å². The van der Waals surface area contributed by atoms with Crippen molar-refractivity contribution in [1.29, 1.82) is 0 Å². The standard InChI is InChI=1S/C24H32N2O2/c1-5-19(4)25-24(28)22(6-2)26(17-21-10-8-7-9-11-21)23(27)16-20-14-12-18(3)13-15-20/h7-15,19,22H,5-6,16-17H2,1-4H3,(H,25,28)/t19-,22+/m1/s1. The van der Waals surface area contributed by atoms with Gasteiger partial charge < -0.3 is 10.2 Å². The Balaban J connectivity index is 2.24. The Kier molecular flexibility index (Phi) is 8.24. The third kappa shape index (κ3) is 6.22. The molecule has 0 fully saturated rings. The Morgan fingerprint density at radius 2 is 1.57 bits per heavy atom. The van der Waals surface area contributed by atoms with Gasteiger partial charge in [-0.2, -0.15) is 0 Å². The quantitative estimate of drug-likeness (QED) is 0.707. The predicted molar refractivity (Wildman–Crippen MR) is 114 cm³/mol. The summed E-state index contributed by atoms with van der Waals surface area (Å²) in [5.74, 6) is -0.108. The van der Waals surface area contributed by atoms with Crippen LogP contribution < -0.4 is 5.32 Å². The molecule has 0 bridgehead atoms. The Bertz CT molecular complexity index is 756. The van der Waals surface area contributed by atoms with Crippen molar-refractivity contribution in [1.82, 2.24) is 10.2 Å². The molecule has 0 aliphatic carbocycles. The minimum atomic E-state index is -0.479. The van der Waals surface area contributed by atoms with E-state index in [1.165, 1.54) is 0 Å². The van der Waals surface area contributed by atoms with Gasteiger partial charge in [-0.15, -0.1) is 0 Å². The summed E-state index contributed by atoms with van der Waals surface area (Å²) in [6, 6.07) is 17.4. The molecule has 0 saturated heterocycles. The molecule has 2 rings (SSSR count). The highest BCUT2D eigenvalue weighted by atomic mass is 16.2. The van der Waals surface area contributed by atoms with Crippen LogP contribution in [0.2, 0.25) is 0 Å². The zero-order valence-corrected chi connectivity index (χ0v) is 17.4. The van der Waals surface area contributed by atoms with Gasteiger partial charge in [-0.3, -0.25) is 9.59 Å². The number of rotatable bonds is 9. The van der Waals surface area contributed by atoms with Crippen LogP contribution in [0.4, 0.5) is 0 Å². The van der Waals surface area contributed by atoms with E-state index in [0.717, 1.165) is 23.1 Å². The number of nitrogens with one attached hydrogen (secondary N) is 1. The van der Waals surface area contributed by atoms with Gasteiger partial charge in [-0.05, 0) is 37.8 Å². The van der Waals surface area contributed by atoms with Crippen LogP contribution in [0.1, 0.15) is 50.3 Å². The van der Waals surface area contributed by atoms with Crippen molar-refractivity contribution in [2.24, 2.45) is 0 Å². The topological polar surface area (TPSA) is 49.4 Å². The molecule has 28 heavy (non-hydrogen) atoms. The Morgan fingerprint density at radius 1 is 0.929 bits per heavy atom. The summed E-state index contributed by atoms with van der Waals surface area (Å²) in [5, 5.41) is 3.04. The normalized spacial score (nSPS) is 12.9. The SMILES string of the molecule is CC[C@@H](C)NC(=O)[C@H](CC)N(Cc1ccccc1)C(=O)Cc1ccc(C)cc1. The molecular formula is C24H32N2O2. The molecule has 0 aromatic heterocycles. The molecule has 150 valence electrons. The third-order valence-corrected chi connectivity index (χ3v) is 5.06. The van der Waals surface area contributed by atoms with Gasteiger partial charge in [-0.25, -0.2) is 0 Å². The lowest BCUT2D eigenvalue weighted by atomic mass is 10.1.